The van der Waals surface area contributed by atoms with E-state index >= 15 is 0 Å². The van der Waals surface area contributed by atoms with Crippen molar-refractivity contribution in [3.05, 3.63) is 60.5 Å². The quantitative estimate of drug-likeness (QED) is 0.873. The Hall–Kier alpha value is -2.16. The zero-order valence-corrected chi connectivity index (χ0v) is 12.5. The Labute approximate surface area is 126 Å². The van der Waals surface area contributed by atoms with Gasteiger partial charge in [0.2, 0.25) is 0 Å². The van der Waals surface area contributed by atoms with Crippen molar-refractivity contribution in [3.8, 4) is 17.2 Å². The predicted molar refractivity (Wildman–Crippen MR) is 84.1 cm³/mol. The summed E-state index contributed by atoms with van der Waals surface area (Å²) in [6, 6.07) is 13.2. The predicted octanol–water partition coefficient (Wildman–Crippen LogP) is 3.96. The van der Waals surface area contributed by atoms with Gasteiger partial charge >= 0.3 is 0 Å². The number of methoxy groups -OCH3 is 2. The molecule has 111 valence electrons. The maximum absolute atomic E-state index is 9.28. The second-order valence-corrected chi connectivity index (χ2v) is 5.02. The molecule has 0 aromatic heterocycles. The average molecular weight is 285 g/mol. The molecule has 0 amide bonds. The van der Waals surface area contributed by atoms with Crippen LogP contribution in [0.1, 0.15) is 23.5 Å². The molecule has 0 fully saturated rings. The number of aryl methyl sites for hydroxylation is 1. The van der Waals surface area contributed by atoms with E-state index < -0.39 is 0 Å². The Morgan fingerprint density at radius 3 is 2.29 bits per heavy atom. The van der Waals surface area contributed by atoms with Crippen LogP contribution in [0.2, 0.25) is 0 Å². The van der Waals surface area contributed by atoms with Crippen molar-refractivity contribution in [2.24, 2.45) is 0 Å². The number of benzene rings is 2. The maximum atomic E-state index is 9.28. The van der Waals surface area contributed by atoms with Crippen LogP contribution in [0, 0.1) is 6.92 Å². The number of aromatic hydroxyl groups is 1. The molecule has 0 spiro atoms. The van der Waals surface area contributed by atoms with Crippen molar-refractivity contribution in [1.29, 1.82) is 0 Å². The van der Waals surface area contributed by atoms with Crippen molar-refractivity contribution in [1.82, 2.24) is 0 Å². The van der Waals surface area contributed by atoms with Crippen LogP contribution in [-0.2, 0) is 6.42 Å². The molecule has 1 unspecified atom stereocenters. The van der Waals surface area contributed by atoms with Gasteiger partial charge in [-0.2, -0.15) is 0 Å². The number of phenols is 1. The summed E-state index contributed by atoms with van der Waals surface area (Å²) in [5, 5.41) is 9.28. The second kappa shape index (κ2) is 7.02. The smallest absolute Gasteiger partial charge is 0.160 e. The van der Waals surface area contributed by atoms with Gasteiger partial charge < -0.3 is 14.6 Å². The van der Waals surface area contributed by atoms with Crippen molar-refractivity contribution >= 4 is 0 Å². The summed E-state index contributed by atoms with van der Waals surface area (Å²) in [7, 11) is 3.26. The first-order valence-electron chi connectivity index (χ1n) is 6.97. The molecule has 2 aromatic carbocycles. The Bertz CT molecular complexity index is 576. The van der Waals surface area contributed by atoms with Crippen LogP contribution in [0.3, 0.4) is 0 Å². The lowest BCUT2D eigenvalue weighted by Crippen LogP contribution is -1.99. The number of ether oxygens (including phenoxy) is 2. The number of phenolic OH excluding ortho intramolecular Hbond substituents is 1. The van der Waals surface area contributed by atoms with Gasteiger partial charge in [-0.15, -0.1) is 0 Å². The van der Waals surface area contributed by atoms with Crippen LogP contribution in [-0.4, -0.2) is 19.3 Å². The van der Waals surface area contributed by atoms with Crippen LogP contribution in [0.15, 0.2) is 42.5 Å². The topological polar surface area (TPSA) is 38.7 Å². The Morgan fingerprint density at radius 1 is 1.00 bits per heavy atom. The van der Waals surface area contributed by atoms with Gasteiger partial charge in [-0.3, -0.25) is 0 Å². The zero-order chi connectivity index (χ0) is 15.2. The fourth-order valence-corrected chi connectivity index (χ4v) is 2.28. The minimum absolute atomic E-state index is 0.179. The Balaban J connectivity index is 2.02. The first kappa shape index (κ1) is 15.2. The maximum Gasteiger partial charge on any atom is 0.160 e. The SMILES string of the molecule is [CH2]C(CCc1ccc(O)cc1)c1ccc(OC)c(OC)c1. The normalized spacial score (nSPS) is 12.0. The first-order chi connectivity index (χ1) is 10.1. The highest BCUT2D eigenvalue weighted by Crippen LogP contribution is 2.31. The molecular weight excluding hydrogens is 264 g/mol. The summed E-state index contributed by atoms with van der Waals surface area (Å²) in [6.45, 7) is 4.23. The summed E-state index contributed by atoms with van der Waals surface area (Å²) in [5.74, 6) is 1.93. The molecule has 0 aliphatic heterocycles. The van der Waals surface area contributed by atoms with Gasteiger partial charge in [-0.25, -0.2) is 0 Å². The molecule has 3 heteroatoms. The summed E-state index contributed by atoms with van der Waals surface area (Å²) in [4.78, 5) is 0. The molecule has 0 saturated heterocycles. The van der Waals surface area contributed by atoms with Gasteiger partial charge in [0.05, 0.1) is 14.2 Å². The third kappa shape index (κ3) is 3.91. The molecule has 1 radical (unpaired) electrons. The van der Waals surface area contributed by atoms with Crippen molar-refractivity contribution in [3.63, 3.8) is 0 Å². The third-order valence-electron chi connectivity index (χ3n) is 3.60. The zero-order valence-electron chi connectivity index (χ0n) is 12.5. The molecule has 0 bridgehead atoms. The van der Waals surface area contributed by atoms with Crippen LogP contribution >= 0.6 is 0 Å². The first-order valence-corrected chi connectivity index (χ1v) is 6.97. The summed E-state index contributed by atoms with van der Waals surface area (Å²) >= 11 is 0. The van der Waals surface area contributed by atoms with E-state index in [0.29, 0.717) is 5.75 Å². The molecule has 1 atom stereocenters. The van der Waals surface area contributed by atoms with E-state index in [0.717, 1.165) is 29.9 Å². The van der Waals surface area contributed by atoms with Gasteiger partial charge in [-0.1, -0.05) is 18.2 Å². The van der Waals surface area contributed by atoms with E-state index in [-0.39, 0.29) is 5.92 Å². The van der Waals surface area contributed by atoms with Crippen LogP contribution < -0.4 is 9.47 Å². The lowest BCUT2D eigenvalue weighted by atomic mass is 9.94. The van der Waals surface area contributed by atoms with Gasteiger partial charge in [0.15, 0.2) is 11.5 Å². The van der Waals surface area contributed by atoms with Crippen molar-refractivity contribution < 1.29 is 14.6 Å². The fourth-order valence-electron chi connectivity index (χ4n) is 2.28. The summed E-state index contributed by atoms with van der Waals surface area (Å²) in [5.41, 5.74) is 2.33. The molecule has 0 heterocycles. The highest BCUT2D eigenvalue weighted by atomic mass is 16.5. The molecule has 2 rings (SSSR count). The highest BCUT2D eigenvalue weighted by molar-refractivity contribution is 5.44. The van der Waals surface area contributed by atoms with Crippen molar-refractivity contribution in [2.75, 3.05) is 14.2 Å². The number of hydrogen-bond acceptors (Lipinski definition) is 3. The number of rotatable bonds is 6. The van der Waals surface area contributed by atoms with Crippen LogP contribution in [0.4, 0.5) is 0 Å². The van der Waals surface area contributed by atoms with E-state index in [4.69, 9.17) is 9.47 Å². The molecular formula is C18H21O3. The Morgan fingerprint density at radius 2 is 1.67 bits per heavy atom. The van der Waals surface area contributed by atoms with E-state index in [1.165, 1.54) is 5.56 Å². The lowest BCUT2D eigenvalue weighted by Gasteiger charge is -2.15. The van der Waals surface area contributed by atoms with Crippen molar-refractivity contribution in [2.45, 2.75) is 18.8 Å². The standard InChI is InChI=1S/C18H21O3/c1-13(4-5-14-6-9-16(19)10-7-14)15-8-11-17(20-2)18(12-15)21-3/h6-13,19H,1,4-5H2,2-3H3. The second-order valence-electron chi connectivity index (χ2n) is 5.02. The molecule has 21 heavy (non-hydrogen) atoms. The Kier molecular flexibility index (Phi) is 5.09. The van der Waals surface area contributed by atoms with Gasteiger partial charge in [0.1, 0.15) is 5.75 Å². The molecule has 0 aliphatic carbocycles. The van der Waals surface area contributed by atoms with E-state index in [9.17, 15) is 5.11 Å². The van der Waals surface area contributed by atoms with E-state index in [1.54, 1.807) is 26.4 Å². The third-order valence-corrected chi connectivity index (χ3v) is 3.60. The van der Waals surface area contributed by atoms with Crippen LogP contribution in [0.25, 0.3) is 0 Å². The largest absolute Gasteiger partial charge is 0.508 e. The lowest BCUT2D eigenvalue weighted by molar-refractivity contribution is 0.354. The number of hydrogen-bond donors (Lipinski definition) is 1. The van der Waals surface area contributed by atoms with Crippen LogP contribution in [0.5, 0.6) is 17.2 Å². The highest BCUT2D eigenvalue weighted by Gasteiger charge is 2.10. The van der Waals surface area contributed by atoms with E-state index in [2.05, 4.69) is 6.92 Å². The summed E-state index contributed by atoms with van der Waals surface area (Å²) < 4.78 is 10.6. The van der Waals surface area contributed by atoms with E-state index in [1.807, 2.05) is 30.3 Å². The summed E-state index contributed by atoms with van der Waals surface area (Å²) in [6.07, 6.45) is 1.85. The average Bonchev–Trinajstić information content (AvgIpc) is 2.53. The molecule has 2 aromatic rings. The van der Waals surface area contributed by atoms with Gasteiger partial charge in [-0.05, 0) is 61.1 Å². The van der Waals surface area contributed by atoms with Gasteiger partial charge in [0.25, 0.3) is 0 Å². The minimum Gasteiger partial charge on any atom is -0.508 e. The molecule has 0 aliphatic rings. The molecule has 1 N–H and O–H groups in total. The monoisotopic (exact) mass is 285 g/mol. The van der Waals surface area contributed by atoms with Gasteiger partial charge in [0, 0.05) is 0 Å². The molecule has 3 nitrogen and oxygen atoms in total. The molecule has 0 saturated carbocycles. The minimum atomic E-state index is 0.179. The fraction of sp³-hybridized carbons (Fsp3) is 0.278.